The van der Waals surface area contributed by atoms with Gasteiger partial charge in [-0.25, -0.2) is 0 Å². The topological polar surface area (TPSA) is 32.5 Å². The fraction of sp³-hybridized carbons (Fsp3) is 0.625. The van der Waals surface area contributed by atoms with Crippen LogP contribution in [0.5, 0.6) is 0 Å². The number of nitrogens with zero attached hydrogens (tertiary/aromatic N) is 2. The van der Waals surface area contributed by atoms with Crippen LogP contribution in [0.15, 0.2) is 24.3 Å². The highest BCUT2D eigenvalue weighted by molar-refractivity contribution is 5.57. The molecule has 0 bridgehead atoms. The summed E-state index contributed by atoms with van der Waals surface area (Å²) >= 11 is 0. The van der Waals surface area contributed by atoms with Gasteiger partial charge in [0, 0.05) is 31.4 Å². The van der Waals surface area contributed by atoms with Gasteiger partial charge in [0.05, 0.1) is 0 Å². The fourth-order valence-corrected chi connectivity index (χ4v) is 3.49. The summed E-state index contributed by atoms with van der Waals surface area (Å²) in [6.45, 7) is 5.68. The summed E-state index contributed by atoms with van der Waals surface area (Å²) in [5.74, 6) is 0. The maximum atomic E-state index is 5.58. The Balaban J connectivity index is 1.63. The average Bonchev–Trinajstić information content (AvgIpc) is 2.47. The van der Waals surface area contributed by atoms with Gasteiger partial charge >= 0.3 is 0 Å². The molecule has 1 saturated heterocycles. The number of aryl methyl sites for hydroxylation is 1. The van der Waals surface area contributed by atoms with Crippen molar-refractivity contribution in [1.29, 1.82) is 0 Å². The lowest BCUT2D eigenvalue weighted by Gasteiger charge is -2.46. The van der Waals surface area contributed by atoms with Crippen molar-refractivity contribution in [3.8, 4) is 0 Å². The van der Waals surface area contributed by atoms with E-state index in [2.05, 4.69) is 34.1 Å². The summed E-state index contributed by atoms with van der Waals surface area (Å²) < 4.78 is 0. The Morgan fingerprint density at radius 2 is 2.05 bits per heavy atom. The second-order valence-electron chi connectivity index (χ2n) is 5.81. The number of anilines is 1. The van der Waals surface area contributed by atoms with E-state index in [1.54, 1.807) is 0 Å². The van der Waals surface area contributed by atoms with E-state index in [-0.39, 0.29) is 0 Å². The summed E-state index contributed by atoms with van der Waals surface area (Å²) in [6, 6.07) is 9.66. The molecule has 3 rings (SSSR count). The van der Waals surface area contributed by atoms with Crippen LogP contribution in [-0.4, -0.2) is 43.7 Å². The van der Waals surface area contributed by atoms with Gasteiger partial charge < -0.3 is 10.6 Å². The average molecular weight is 259 g/mol. The molecule has 104 valence electrons. The molecule has 1 fully saturated rings. The predicted molar refractivity (Wildman–Crippen MR) is 80.6 cm³/mol. The van der Waals surface area contributed by atoms with Crippen molar-refractivity contribution in [2.45, 2.75) is 31.7 Å². The molecular weight excluding hydrogens is 234 g/mol. The molecule has 0 aliphatic carbocycles. The highest BCUT2D eigenvalue weighted by Gasteiger charge is 2.30. The van der Waals surface area contributed by atoms with Crippen molar-refractivity contribution in [2.24, 2.45) is 5.73 Å². The maximum absolute atomic E-state index is 5.58. The van der Waals surface area contributed by atoms with Crippen LogP contribution in [0.2, 0.25) is 0 Å². The summed E-state index contributed by atoms with van der Waals surface area (Å²) in [4.78, 5) is 5.27. The van der Waals surface area contributed by atoms with Crippen LogP contribution in [0.25, 0.3) is 0 Å². The van der Waals surface area contributed by atoms with Crippen LogP contribution in [0.3, 0.4) is 0 Å². The molecule has 1 aromatic carbocycles. The van der Waals surface area contributed by atoms with Crippen LogP contribution in [0.1, 0.15) is 24.8 Å². The van der Waals surface area contributed by atoms with Gasteiger partial charge in [0.25, 0.3) is 0 Å². The molecule has 3 nitrogen and oxygen atoms in total. The van der Waals surface area contributed by atoms with E-state index in [1.165, 1.54) is 56.7 Å². The van der Waals surface area contributed by atoms with Gasteiger partial charge in [-0.05, 0) is 50.4 Å². The van der Waals surface area contributed by atoms with Crippen molar-refractivity contribution >= 4 is 5.69 Å². The zero-order valence-electron chi connectivity index (χ0n) is 11.7. The Kier molecular flexibility index (Phi) is 4.04. The normalized spacial score (nSPS) is 23.0. The number of para-hydroxylation sites is 1. The van der Waals surface area contributed by atoms with Gasteiger partial charge in [-0.15, -0.1) is 0 Å². The Hall–Kier alpha value is -1.06. The molecule has 3 heteroatoms. The third-order valence-electron chi connectivity index (χ3n) is 4.54. The quantitative estimate of drug-likeness (QED) is 0.838. The molecule has 2 aliphatic rings. The zero-order chi connectivity index (χ0) is 13.1. The molecule has 0 radical (unpaired) electrons. The van der Waals surface area contributed by atoms with Crippen molar-refractivity contribution in [1.82, 2.24) is 4.90 Å². The Labute approximate surface area is 116 Å². The summed E-state index contributed by atoms with van der Waals surface area (Å²) in [7, 11) is 0. The lowest BCUT2D eigenvalue weighted by Crippen LogP contribution is -2.55. The van der Waals surface area contributed by atoms with Crippen LogP contribution in [-0.2, 0) is 6.42 Å². The third-order valence-corrected chi connectivity index (χ3v) is 4.54. The van der Waals surface area contributed by atoms with Crippen molar-refractivity contribution in [3.63, 3.8) is 0 Å². The van der Waals surface area contributed by atoms with Crippen LogP contribution < -0.4 is 10.6 Å². The lowest BCUT2D eigenvalue weighted by atomic mass is 9.94. The monoisotopic (exact) mass is 259 g/mol. The molecule has 1 aromatic rings. The van der Waals surface area contributed by atoms with Gasteiger partial charge in [-0.1, -0.05) is 18.2 Å². The van der Waals surface area contributed by atoms with E-state index < -0.39 is 0 Å². The largest absolute Gasteiger partial charge is 0.366 e. The van der Waals surface area contributed by atoms with E-state index >= 15 is 0 Å². The standard InChI is InChI=1S/C16H25N3/c17-9-3-4-10-18-11-12-19-15(13-18)8-7-14-5-1-2-6-16(14)19/h1-2,5-6,15H,3-4,7-13,17H2. The van der Waals surface area contributed by atoms with E-state index in [0.29, 0.717) is 0 Å². The van der Waals surface area contributed by atoms with Gasteiger partial charge in [0.15, 0.2) is 0 Å². The molecular formula is C16H25N3. The number of rotatable bonds is 4. The minimum Gasteiger partial charge on any atom is -0.366 e. The number of benzene rings is 1. The first-order chi connectivity index (χ1) is 9.38. The Morgan fingerprint density at radius 3 is 2.95 bits per heavy atom. The van der Waals surface area contributed by atoms with E-state index in [1.807, 2.05) is 0 Å². The first kappa shape index (κ1) is 12.9. The minimum absolute atomic E-state index is 0.724. The van der Waals surface area contributed by atoms with Crippen molar-refractivity contribution < 1.29 is 0 Å². The first-order valence-electron chi connectivity index (χ1n) is 7.65. The molecule has 1 unspecified atom stereocenters. The van der Waals surface area contributed by atoms with Crippen LogP contribution in [0, 0.1) is 0 Å². The lowest BCUT2D eigenvalue weighted by molar-refractivity contribution is 0.211. The van der Waals surface area contributed by atoms with E-state index in [0.717, 1.165) is 19.0 Å². The zero-order valence-corrected chi connectivity index (χ0v) is 11.7. The van der Waals surface area contributed by atoms with Gasteiger partial charge in [-0.3, -0.25) is 4.90 Å². The Bertz CT molecular complexity index is 418. The molecule has 2 aliphatic heterocycles. The molecule has 0 spiro atoms. The Morgan fingerprint density at radius 1 is 1.16 bits per heavy atom. The smallest absolute Gasteiger partial charge is 0.0420 e. The van der Waals surface area contributed by atoms with Gasteiger partial charge in [0.2, 0.25) is 0 Å². The fourth-order valence-electron chi connectivity index (χ4n) is 3.49. The highest BCUT2D eigenvalue weighted by atomic mass is 15.3. The molecule has 0 aromatic heterocycles. The number of hydrogen-bond acceptors (Lipinski definition) is 3. The maximum Gasteiger partial charge on any atom is 0.0420 e. The van der Waals surface area contributed by atoms with Gasteiger partial charge in [-0.2, -0.15) is 0 Å². The SMILES string of the molecule is NCCCCN1CCN2c3ccccc3CCC2C1. The first-order valence-corrected chi connectivity index (χ1v) is 7.65. The third kappa shape index (κ3) is 2.77. The molecule has 2 N–H and O–H groups in total. The summed E-state index contributed by atoms with van der Waals surface area (Å²) in [5, 5.41) is 0. The molecule has 19 heavy (non-hydrogen) atoms. The van der Waals surface area contributed by atoms with E-state index in [4.69, 9.17) is 5.73 Å². The second kappa shape index (κ2) is 5.93. The molecule has 2 heterocycles. The summed E-state index contributed by atoms with van der Waals surface area (Å²) in [6.07, 6.45) is 4.96. The second-order valence-corrected chi connectivity index (χ2v) is 5.81. The van der Waals surface area contributed by atoms with Gasteiger partial charge in [0.1, 0.15) is 0 Å². The molecule has 1 atom stereocenters. The van der Waals surface area contributed by atoms with Crippen molar-refractivity contribution in [2.75, 3.05) is 37.6 Å². The number of fused-ring (bicyclic) bond motifs is 3. The van der Waals surface area contributed by atoms with Crippen molar-refractivity contribution in [3.05, 3.63) is 29.8 Å². The van der Waals surface area contributed by atoms with Crippen LogP contribution >= 0.6 is 0 Å². The number of piperazine rings is 1. The highest BCUT2D eigenvalue weighted by Crippen LogP contribution is 2.32. The number of nitrogens with two attached hydrogens (primary N) is 1. The number of unbranched alkanes of at least 4 members (excludes halogenated alkanes) is 1. The minimum atomic E-state index is 0.724. The number of hydrogen-bond donors (Lipinski definition) is 1. The van der Waals surface area contributed by atoms with Crippen LogP contribution in [0.4, 0.5) is 5.69 Å². The molecule has 0 saturated carbocycles. The predicted octanol–water partition coefficient (Wildman–Crippen LogP) is 1.86. The molecule has 0 amide bonds. The summed E-state index contributed by atoms with van der Waals surface area (Å²) in [5.41, 5.74) is 8.60. The van der Waals surface area contributed by atoms with E-state index in [9.17, 15) is 0 Å².